The first kappa shape index (κ1) is 24.3. The molecule has 2 aromatic heterocycles. The second kappa shape index (κ2) is 9.63. The number of hydroxylamine groups is 1. The molecule has 0 aliphatic heterocycles. The van der Waals surface area contributed by atoms with E-state index in [4.69, 9.17) is 5.21 Å². The fourth-order valence-electron chi connectivity index (χ4n) is 3.74. The highest BCUT2D eigenvalue weighted by molar-refractivity contribution is 7.92. The molecule has 1 aromatic carbocycles. The van der Waals surface area contributed by atoms with Crippen LogP contribution in [-0.2, 0) is 21.2 Å². The minimum Gasteiger partial charge on any atom is -0.315 e. The molecule has 2 N–H and O–H groups in total. The summed E-state index contributed by atoms with van der Waals surface area (Å²) in [6.07, 6.45) is 5.83. The van der Waals surface area contributed by atoms with Gasteiger partial charge < -0.3 is 4.57 Å². The highest BCUT2D eigenvalue weighted by atomic mass is 32.2. The van der Waals surface area contributed by atoms with E-state index < -0.39 is 20.5 Å². The largest absolute Gasteiger partial charge is 0.315 e. The Labute approximate surface area is 192 Å². The Morgan fingerprint density at radius 1 is 1.06 bits per heavy atom. The fraction of sp³-hybridized carbons (Fsp3) is 0.304. The summed E-state index contributed by atoms with van der Waals surface area (Å²) in [4.78, 5) is 33.2. The highest BCUT2D eigenvalue weighted by Gasteiger charge is 2.46. The molecule has 0 saturated heterocycles. The third kappa shape index (κ3) is 5.01. The average molecular weight is 471 g/mol. The molecule has 0 saturated carbocycles. The highest BCUT2D eigenvalue weighted by Crippen LogP contribution is 2.27. The summed E-state index contributed by atoms with van der Waals surface area (Å²) >= 11 is 0. The molecule has 1 atom stereocenters. The minimum atomic E-state index is -3.85. The fourth-order valence-corrected chi connectivity index (χ4v) is 5.11. The second-order valence-electron chi connectivity index (χ2n) is 7.85. The van der Waals surface area contributed by atoms with E-state index in [1.165, 1.54) is 16.1 Å². The Kier molecular flexibility index (Phi) is 7.09. The molecule has 3 aromatic rings. The number of nitrogens with zero attached hydrogens (tertiary/aromatic N) is 3. The molecule has 0 radical (unpaired) electrons. The molecule has 1 unspecified atom stereocenters. The molecular formula is C23H26N4O5S. The molecule has 3 rings (SSSR count). The molecule has 1 amide bonds. The number of hydrogen-bond acceptors (Lipinski definition) is 7. The van der Waals surface area contributed by atoms with Gasteiger partial charge in [-0.3, -0.25) is 14.8 Å². The van der Waals surface area contributed by atoms with Gasteiger partial charge in [-0.15, -0.1) is 0 Å². The minimum absolute atomic E-state index is 0.000193. The number of hydrogen-bond donors (Lipinski definition) is 2. The van der Waals surface area contributed by atoms with Gasteiger partial charge in [-0.25, -0.2) is 23.9 Å². The first-order valence-corrected chi connectivity index (χ1v) is 12.2. The van der Waals surface area contributed by atoms with E-state index in [9.17, 15) is 18.0 Å². The van der Waals surface area contributed by atoms with Gasteiger partial charge in [0.1, 0.15) is 5.82 Å². The summed E-state index contributed by atoms with van der Waals surface area (Å²) in [5, 5.41) is 9.04. The third-order valence-electron chi connectivity index (χ3n) is 5.88. The Morgan fingerprint density at radius 3 is 2.12 bits per heavy atom. The van der Waals surface area contributed by atoms with Crippen LogP contribution in [-0.4, -0.2) is 45.1 Å². The van der Waals surface area contributed by atoms with Crippen LogP contribution >= 0.6 is 0 Å². The van der Waals surface area contributed by atoms with Crippen LogP contribution in [0.2, 0.25) is 0 Å². The van der Waals surface area contributed by atoms with Crippen molar-refractivity contribution in [2.75, 3.05) is 6.26 Å². The maximum atomic E-state index is 12.7. The van der Waals surface area contributed by atoms with E-state index in [1.807, 2.05) is 31.2 Å². The van der Waals surface area contributed by atoms with Crippen LogP contribution in [0.25, 0.3) is 22.3 Å². The number of amides is 1. The lowest BCUT2D eigenvalue weighted by Crippen LogP contribution is -2.51. The van der Waals surface area contributed by atoms with Gasteiger partial charge in [0, 0.05) is 43.0 Å². The molecule has 0 bridgehead atoms. The van der Waals surface area contributed by atoms with Crippen molar-refractivity contribution in [1.29, 1.82) is 0 Å². The van der Waals surface area contributed by atoms with Gasteiger partial charge in [0.2, 0.25) is 0 Å². The topological polar surface area (TPSA) is 131 Å². The summed E-state index contributed by atoms with van der Waals surface area (Å²) in [6.45, 7) is 3.37. The van der Waals surface area contributed by atoms with E-state index in [0.717, 1.165) is 22.9 Å². The number of carbonyl (C=O) groups is 1. The van der Waals surface area contributed by atoms with E-state index in [-0.39, 0.29) is 24.9 Å². The first-order chi connectivity index (χ1) is 15.6. The van der Waals surface area contributed by atoms with Gasteiger partial charge in [-0.1, -0.05) is 31.2 Å². The van der Waals surface area contributed by atoms with Crippen molar-refractivity contribution in [2.24, 2.45) is 0 Å². The van der Waals surface area contributed by atoms with Crippen LogP contribution in [0, 0.1) is 6.92 Å². The quantitative estimate of drug-likeness (QED) is 0.382. The third-order valence-corrected chi connectivity index (χ3v) is 7.98. The monoisotopic (exact) mass is 470 g/mol. The smallest absolute Gasteiger partial charge is 0.264 e. The van der Waals surface area contributed by atoms with Gasteiger partial charge in [-0.2, -0.15) is 0 Å². The predicted molar refractivity (Wildman–Crippen MR) is 124 cm³/mol. The molecular weight excluding hydrogens is 444 g/mol. The van der Waals surface area contributed by atoms with Crippen molar-refractivity contribution >= 4 is 15.7 Å². The zero-order valence-electron chi connectivity index (χ0n) is 18.6. The van der Waals surface area contributed by atoms with Crippen molar-refractivity contribution in [1.82, 2.24) is 20.0 Å². The molecule has 0 fully saturated rings. The Hall–Kier alpha value is -3.37. The normalized spacial score (nSPS) is 13.3. The number of nitrogens with one attached hydrogen (secondary N) is 1. The zero-order chi connectivity index (χ0) is 24.2. The number of sulfone groups is 1. The van der Waals surface area contributed by atoms with Crippen LogP contribution in [0.3, 0.4) is 0 Å². The Morgan fingerprint density at radius 2 is 1.64 bits per heavy atom. The van der Waals surface area contributed by atoms with E-state index >= 15 is 0 Å². The summed E-state index contributed by atoms with van der Waals surface area (Å²) in [6, 6.07) is 10.8. The Bertz CT molecular complexity index is 1300. The first-order valence-electron chi connectivity index (χ1n) is 10.4. The molecule has 9 nitrogen and oxygen atoms in total. The average Bonchev–Trinajstić information content (AvgIpc) is 2.80. The standard InChI is InChI=1S/C23H26N4O5S/c1-4-23(22(29)26-30,33(3,31)32)10-12-27-11-9-19(13-21(27)28)17-5-7-18(8-6-17)20-14-24-16(2)25-15-20/h5-9,11,13-15,30H,4,10,12H2,1-3H3,(H,26,29). The van der Waals surface area contributed by atoms with Gasteiger partial charge >= 0.3 is 0 Å². The second-order valence-corrected chi connectivity index (χ2v) is 10.2. The maximum absolute atomic E-state index is 12.7. The van der Waals surface area contributed by atoms with E-state index in [2.05, 4.69) is 9.97 Å². The summed E-state index contributed by atoms with van der Waals surface area (Å²) in [7, 11) is -3.85. The van der Waals surface area contributed by atoms with Crippen molar-refractivity contribution in [3.05, 3.63) is 71.2 Å². The molecule has 33 heavy (non-hydrogen) atoms. The van der Waals surface area contributed by atoms with E-state index in [0.29, 0.717) is 11.4 Å². The molecule has 174 valence electrons. The van der Waals surface area contributed by atoms with Gasteiger partial charge in [0.05, 0.1) is 0 Å². The van der Waals surface area contributed by atoms with Crippen LogP contribution in [0.15, 0.2) is 59.8 Å². The molecule has 10 heteroatoms. The lowest BCUT2D eigenvalue weighted by molar-refractivity contribution is -0.132. The van der Waals surface area contributed by atoms with Crippen LogP contribution in [0.5, 0.6) is 0 Å². The van der Waals surface area contributed by atoms with E-state index in [1.54, 1.807) is 31.6 Å². The van der Waals surface area contributed by atoms with Crippen molar-refractivity contribution < 1.29 is 18.4 Å². The summed E-state index contributed by atoms with van der Waals surface area (Å²) in [5.41, 5.74) is 4.51. The van der Waals surface area contributed by atoms with Gasteiger partial charge in [0.25, 0.3) is 11.5 Å². The number of rotatable bonds is 8. The predicted octanol–water partition coefficient (Wildman–Crippen LogP) is 2.37. The maximum Gasteiger partial charge on any atom is 0.264 e. The zero-order valence-corrected chi connectivity index (χ0v) is 19.5. The molecule has 2 heterocycles. The van der Waals surface area contributed by atoms with Crippen LogP contribution in [0.1, 0.15) is 25.6 Å². The molecule has 0 spiro atoms. The number of aromatic nitrogens is 3. The van der Waals surface area contributed by atoms with Crippen molar-refractivity contribution in [2.45, 2.75) is 38.0 Å². The van der Waals surface area contributed by atoms with Crippen molar-refractivity contribution in [3.63, 3.8) is 0 Å². The number of benzene rings is 1. The van der Waals surface area contributed by atoms with Crippen molar-refractivity contribution in [3.8, 4) is 22.3 Å². The van der Waals surface area contributed by atoms with Gasteiger partial charge in [0.15, 0.2) is 14.6 Å². The SMILES string of the molecule is CCC(CCn1ccc(-c2ccc(-c3cnc(C)nc3)cc2)cc1=O)(C(=O)NO)S(C)(=O)=O. The summed E-state index contributed by atoms with van der Waals surface area (Å²) in [5.74, 6) is -0.308. The van der Waals surface area contributed by atoms with Gasteiger partial charge in [-0.05, 0) is 42.5 Å². The van der Waals surface area contributed by atoms with Crippen LogP contribution < -0.4 is 11.0 Å². The lowest BCUT2D eigenvalue weighted by atomic mass is 10.00. The number of aryl methyl sites for hydroxylation is 2. The number of carbonyl (C=O) groups excluding carboxylic acids is 1. The van der Waals surface area contributed by atoms with Crippen LogP contribution in [0.4, 0.5) is 0 Å². The molecule has 0 aliphatic carbocycles. The summed E-state index contributed by atoms with van der Waals surface area (Å²) < 4.78 is 24.1. The Balaban J connectivity index is 1.82. The number of pyridine rings is 1. The lowest BCUT2D eigenvalue weighted by Gasteiger charge is -2.28. The molecule has 0 aliphatic rings.